The summed E-state index contributed by atoms with van der Waals surface area (Å²) in [6.07, 6.45) is 1.77. The van der Waals surface area contributed by atoms with Crippen molar-refractivity contribution in [2.45, 2.75) is 19.8 Å². The number of hydrogen-bond acceptors (Lipinski definition) is 2. The van der Waals surface area contributed by atoms with Gasteiger partial charge in [-0.25, -0.2) is 4.79 Å². The zero-order valence-corrected chi connectivity index (χ0v) is 14.3. The summed E-state index contributed by atoms with van der Waals surface area (Å²) in [5, 5.41) is 3.71. The number of carbonyl (C=O) groups excluding carboxylic acids is 1. The topological polar surface area (TPSA) is 45.2 Å². The highest BCUT2D eigenvalue weighted by atomic mass is 35.5. The van der Waals surface area contributed by atoms with E-state index in [0.717, 1.165) is 11.3 Å². The van der Waals surface area contributed by atoms with Crippen LogP contribution >= 0.6 is 11.6 Å². The smallest absolute Gasteiger partial charge is 0.317 e. The minimum Gasteiger partial charge on any atom is -0.337 e. The van der Waals surface area contributed by atoms with Gasteiger partial charge in [0.2, 0.25) is 0 Å². The molecule has 0 spiro atoms. The third-order valence-corrected chi connectivity index (χ3v) is 4.08. The molecule has 0 radical (unpaired) electrons. The van der Waals surface area contributed by atoms with Gasteiger partial charge in [-0.15, -0.1) is 0 Å². The summed E-state index contributed by atoms with van der Waals surface area (Å²) in [5.74, 6) is -0.00650. The van der Waals surface area contributed by atoms with Crippen molar-refractivity contribution >= 4 is 17.6 Å². The minimum atomic E-state index is -0.0510. The molecule has 0 saturated heterocycles. The largest absolute Gasteiger partial charge is 0.337 e. The monoisotopic (exact) mass is 331 g/mol. The van der Waals surface area contributed by atoms with Gasteiger partial charge < -0.3 is 10.2 Å². The molecule has 1 heterocycles. The molecule has 0 fully saturated rings. The first kappa shape index (κ1) is 17.3. The Balaban J connectivity index is 2.18. The Bertz CT molecular complexity index is 612. The highest BCUT2D eigenvalue weighted by Crippen LogP contribution is 2.23. The molecular weight excluding hydrogens is 310 g/mol. The fourth-order valence-electron chi connectivity index (χ4n) is 2.48. The number of amides is 2. The number of halogens is 1. The van der Waals surface area contributed by atoms with E-state index in [0.29, 0.717) is 24.7 Å². The van der Waals surface area contributed by atoms with Gasteiger partial charge in [0.25, 0.3) is 0 Å². The van der Waals surface area contributed by atoms with Gasteiger partial charge in [0.05, 0.1) is 0 Å². The van der Waals surface area contributed by atoms with Gasteiger partial charge in [-0.3, -0.25) is 4.98 Å². The number of benzene rings is 1. The van der Waals surface area contributed by atoms with Crippen LogP contribution in [0.25, 0.3) is 0 Å². The van der Waals surface area contributed by atoms with Crippen LogP contribution in [0.15, 0.2) is 48.7 Å². The van der Waals surface area contributed by atoms with Crippen LogP contribution in [0.3, 0.4) is 0 Å². The SMILES string of the molecule is CCN(CC)C(=O)NCC(c1ccc(Cl)cc1)c1ccccn1. The normalized spacial score (nSPS) is 11.8. The minimum absolute atomic E-state index is 0.00650. The lowest BCUT2D eigenvalue weighted by atomic mass is 9.95. The van der Waals surface area contributed by atoms with E-state index in [4.69, 9.17) is 11.6 Å². The van der Waals surface area contributed by atoms with Gasteiger partial charge in [0.1, 0.15) is 0 Å². The predicted octanol–water partition coefficient (Wildman–Crippen LogP) is 3.92. The Hall–Kier alpha value is -2.07. The molecule has 1 N–H and O–H groups in total. The van der Waals surface area contributed by atoms with E-state index in [9.17, 15) is 4.79 Å². The third kappa shape index (κ3) is 4.70. The van der Waals surface area contributed by atoms with E-state index in [1.165, 1.54) is 0 Å². The number of rotatable bonds is 6. The molecule has 0 aliphatic heterocycles. The van der Waals surface area contributed by atoms with Gasteiger partial charge in [0, 0.05) is 42.5 Å². The lowest BCUT2D eigenvalue weighted by Gasteiger charge is -2.22. The Morgan fingerprint density at radius 1 is 1.17 bits per heavy atom. The van der Waals surface area contributed by atoms with Crippen molar-refractivity contribution in [3.63, 3.8) is 0 Å². The average molecular weight is 332 g/mol. The van der Waals surface area contributed by atoms with E-state index < -0.39 is 0 Å². The molecule has 1 aromatic heterocycles. The molecule has 1 atom stereocenters. The van der Waals surface area contributed by atoms with Crippen LogP contribution in [0.5, 0.6) is 0 Å². The number of nitrogens with zero attached hydrogens (tertiary/aromatic N) is 2. The summed E-state index contributed by atoms with van der Waals surface area (Å²) in [6, 6.07) is 13.4. The Kier molecular flexibility index (Phi) is 6.41. The first-order valence-electron chi connectivity index (χ1n) is 7.84. The van der Waals surface area contributed by atoms with Crippen molar-refractivity contribution in [3.8, 4) is 0 Å². The maximum atomic E-state index is 12.2. The standard InChI is InChI=1S/C18H22ClN3O/c1-3-22(4-2)18(23)21-13-16(17-7-5-6-12-20-17)14-8-10-15(19)11-9-14/h5-12,16H,3-4,13H2,1-2H3,(H,21,23). The number of aromatic nitrogens is 1. The van der Waals surface area contributed by atoms with Gasteiger partial charge >= 0.3 is 6.03 Å². The fraction of sp³-hybridized carbons (Fsp3) is 0.333. The van der Waals surface area contributed by atoms with Crippen molar-refractivity contribution in [3.05, 3.63) is 64.9 Å². The van der Waals surface area contributed by atoms with Crippen molar-refractivity contribution in [2.24, 2.45) is 0 Å². The van der Waals surface area contributed by atoms with Crippen molar-refractivity contribution in [2.75, 3.05) is 19.6 Å². The van der Waals surface area contributed by atoms with Gasteiger partial charge in [-0.1, -0.05) is 29.8 Å². The van der Waals surface area contributed by atoms with Crippen LogP contribution in [0, 0.1) is 0 Å². The number of nitrogens with one attached hydrogen (secondary N) is 1. The van der Waals surface area contributed by atoms with E-state index in [1.54, 1.807) is 11.1 Å². The summed E-state index contributed by atoms with van der Waals surface area (Å²) in [5.41, 5.74) is 2.00. The highest BCUT2D eigenvalue weighted by Gasteiger charge is 2.18. The van der Waals surface area contributed by atoms with E-state index >= 15 is 0 Å². The van der Waals surface area contributed by atoms with Crippen LogP contribution in [0.1, 0.15) is 31.0 Å². The van der Waals surface area contributed by atoms with Crippen molar-refractivity contribution in [1.82, 2.24) is 15.2 Å². The van der Waals surface area contributed by atoms with E-state index in [2.05, 4.69) is 10.3 Å². The summed E-state index contributed by atoms with van der Waals surface area (Å²) >= 11 is 5.98. The number of carbonyl (C=O) groups is 1. The van der Waals surface area contributed by atoms with Crippen LogP contribution in [-0.2, 0) is 0 Å². The second-order valence-corrected chi connectivity index (χ2v) is 5.65. The Morgan fingerprint density at radius 3 is 2.43 bits per heavy atom. The first-order valence-corrected chi connectivity index (χ1v) is 8.22. The lowest BCUT2D eigenvalue weighted by Crippen LogP contribution is -2.41. The number of hydrogen-bond donors (Lipinski definition) is 1. The Morgan fingerprint density at radius 2 is 1.87 bits per heavy atom. The molecule has 4 nitrogen and oxygen atoms in total. The number of pyridine rings is 1. The predicted molar refractivity (Wildman–Crippen MR) is 93.9 cm³/mol. The summed E-state index contributed by atoms with van der Waals surface area (Å²) in [6.45, 7) is 5.82. The summed E-state index contributed by atoms with van der Waals surface area (Å²) in [7, 11) is 0. The highest BCUT2D eigenvalue weighted by molar-refractivity contribution is 6.30. The molecule has 23 heavy (non-hydrogen) atoms. The van der Waals surface area contributed by atoms with Crippen LogP contribution < -0.4 is 5.32 Å². The molecule has 1 aromatic carbocycles. The molecule has 1 unspecified atom stereocenters. The maximum Gasteiger partial charge on any atom is 0.317 e. The second kappa shape index (κ2) is 8.53. The van der Waals surface area contributed by atoms with Crippen LogP contribution in [0.2, 0.25) is 5.02 Å². The molecule has 122 valence electrons. The molecule has 0 saturated carbocycles. The van der Waals surface area contributed by atoms with Crippen LogP contribution in [0.4, 0.5) is 4.79 Å². The average Bonchev–Trinajstić information content (AvgIpc) is 2.58. The van der Waals surface area contributed by atoms with E-state index in [-0.39, 0.29) is 11.9 Å². The van der Waals surface area contributed by atoms with Crippen molar-refractivity contribution in [1.29, 1.82) is 0 Å². The van der Waals surface area contributed by atoms with Gasteiger partial charge in [0.15, 0.2) is 0 Å². The molecule has 0 aliphatic carbocycles. The molecule has 0 aliphatic rings. The van der Waals surface area contributed by atoms with Crippen LogP contribution in [-0.4, -0.2) is 35.5 Å². The third-order valence-electron chi connectivity index (χ3n) is 3.83. The zero-order chi connectivity index (χ0) is 16.7. The zero-order valence-electron chi connectivity index (χ0n) is 13.5. The fourth-order valence-corrected chi connectivity index (χ4v) is 2.61. The first-order chi connectivity index (χ1) is 11.2. The summed E-state index contributed by atoms with van der Waals surface area (Å²) < 4.78 is 0. The molecule has 2 rings (SSSR count). The van der Waals surface area contributed by atoms with Gasteiger partial charge in [-0.2, -0.15) is 0 Å². The quantitative estimate of drug-likeness (QED) is 0.872. The Labute approximate surface area is 142 Å². The number of urea groups is 1. The molecule has 0 bridgehead atoms. The summed E-state index contributed by atoms with van der Waals surface area (Å²) in [4.78, 5) is 18.4. The van der Waals surface area contributed by atoms with Gasteiger partial charge in [-0.05, 0) is 43.7 Å². The maximum absolute atomic E-state index is 12.2. The second-order valence-electron chi connectivity index (χ2n) is 5.22. The lowest BCUT2D eigenvalue weighted by molar-refractivity contribution is 0.203. The molecule has 5 heteroatoms. The van der Waals surface area contributed by atoms with Crippen molar-refractivity contribution < 1.29 is 4.79 Å². The molecule has 2 amide bonds. The van der Waals surface area contributed by atoms with E-state index in [1.807, 2.05) is 56.3 Å². The molecular formula is C18H22ClN3O. The molecule has 2 aromatic rings.